The lowest BCUT2D eigenvalue weighted by molar-refractivity contribution is -0.146. The molecule has 0 radical (unpaired) electrons. The maximum absolute atomic E-state index is 13.6. The van der Waals surface area contributed by atoms with E-state index in [0.717, 1.165) is 6.07 Å². The second-order valence-electron chi connectivity index (χ2n) is 4.02. The molecule has 5 nitrogen and oxygen atoms in total. The molecule has 1 unspecified atom stereocenters. The summed E-state index contributed by atoms with van der Waals surface area (Å²) in [7, 11) is 0. The van der Waals surface area contributed by atoms with E-state index in [2.05, 4.69) is 4.98 Å². The quantitative estimate of drug-likeness (QED) is 0.865. The standard InChI is InChI=1S/C12H13F2N3O2/c1-3-19-11(18)6(2)17-9-5-7(13)4-8(14)10(9)16-12(17)15/h4-6H,3H2,1-2H3,(H2,15,16). The van der Waals surface area contributed by atoms with Gasteiger partial charge in [0.25, 0.3) is 0 Å². The molecule has 7 heteroatoms. The number of imidazole rings is 1. The molecule has 1 heterocycles. The summed E-state index contributed by atoms with van der Waals surface area (Å²) < 4.78 is 32.9. The number of esters is 1. The lowest BCUT2D eigenvalue weighted by atomic mass is 10.2. The first-order valence-electron chi connectivity index (χ1n) is 5.74. The van der Waals surface area contributed by atoms with Crippen LogP contribution in [0.5, 0.6) is 0 Å². The van der Waals surface area contributed by atoms with Crippen molar-refractivity contribution in [2.45, 2.75) is 19.9 Å². The van der Waals surface area contributed by atoms with Crippen LogP contribution in [0.15, 0.2) is 12.1 Å². The molecule has 0 bridgehead atoms. The fraction of sp³-hybridized carbons (Fsp3) is 0.333. The van der Waals surface area contributed by atoms with Crippen molar-refractivity contribution in [1.29, 1.82) is 0 Å². The zero-order valence-electron chi connectivity index (χ0n) is 10.5. The molecule has 2 rings (SSSR count). The first-order valence-corrected chi connectivity index (χ1v) is 5.74. The van der Waals surface area contributed by atoms with Gasteiger partial charge in [0.15, 0.2) is 5.82 Å². The summed E-state index contributed by atoms with van der Waals surface area (Å²) in [5.74, 6) is -2.20. The Morgan fingerprint density at radius 1 is 1.53 bits per heavy atom. The first kappa shape index (κ1) is 13.3. The normalized spacial score (nSPS) is 12.6. The number of halogens is 2. The number of nitrogens with zero attached hydrogens (tertiary/aromatic N) is 2. The van der Waals surface area contributed by atoms with E-state index >= 15 is 0 Å². The molecule has 2 N–H and O–H groups in total. The number of benzene rings is 1. The lowest BCUT2D eigenvalue weighted by Gasteiger charge is -2.14. The van der Waals surface area contributed by atoms with E-state index in [9.17, 15) is 13.6 Å². The predicted octanol–water partition coefficient (Wildman–Crippen LogP) is 2.02. The molecule has 0 saturated heterocycles. The lowest BCUT2D eigenvalue weighted by Crippen LogP contribution is -2.20. The number of aromatic nitrogens is 2. The highest BCUT2D eigenvalue weighted by Gasteiger charge is 2.23. The number of rotatable bonds is 3. The largest absolute Gasteiger partial charge is 0.464 e. The van der Waals surface area contributed by atoms with E-state index < -0.39 is 23.6 Å². The molecule has 0 saturated carbocycles. The van der Waals surface area contributed by atoms with Crippen LogP contribution >= 0.6 is 0 Å². The van der Waals surface area contributed by atoms with Crippen LogP contribution in [-0.4, -0.2) is 22.1 Å². The van der Waals surface area contributed by atoms with Crippen LogP contribution in [0.3, 0.4) is 0 Å². The first-order chi connectivity index (χ1) is 8.95. The van der Waals surface area contributed by atoms with Crippen LogP contribution in [0.4, 0.5) is 14.7 Å². The number of ether oxygens (including phenoxy) is 1. The van der Waals surface area contributed by atoms with Gasteiger partial charge in [0.1, 0.15) is 17.4 Å². The highest BCUT2D eigenvalue weighted by Crippen LogP contribution is 2.26. The van der Waals surface area contributed by atoms with Gasteiger partial charge in [-0.05, 0) is 13.8 Å². The van der Waals surface area contributed by atoms with Gasteiger partial charge in [-0.3, -0.25) is 4.57 Å². The van der Waals surface area contributed by atoms with Crippen LogP contribution in [0.2, 0.25) is 0 Å². The van der Waals surface area contributed by atoms with Crippen molar-refractivity contribution in [1.82, 2.24) is 9.55 Å². The Labute approximate surface area is 108 Å². The summed E-state index contributed by atoms with van der Waals surface area (Å²) in [5.41, 5.74) is 5.71. The minimum absolute atomic E-state index is 0.0694. The predicted molar refractivity (Wildman–Crippen MR) is 65.4 cm³/mol. The summed E-state index contributed by atoms with van der Waals surface area (Å²) in [6.07, 6.45) is 0. The molecule has 1 aromatic carbocycles. The van der Waals surface area contributed by atoms with Crippen LogP contribution in [-0.2, 0) is 9.53 Å². The molecular weight excluding hydrogens is 256 g/mol. The highest BCUT2D eigenvalue weighted by atomic mass is 19.1. The van der Waals surface area contributed by atoms with E-state index in [1.165, 1.54) is 11.5 Å². The van der Waals surface area contributed by atoms with Crippen molar-refractivity contribution in [3.05, 3.63) is 23.8 Å². The molecule has 19 heavy (non-hydrogen) atoms. The Bertz CT molecular complexity index is 639. The number of nitrogen functional groups attached to an aromatic ring is 1. The third-order valence-electron chi connectivity index (χ3n) is 2.76. The van der Waals surface area contributed by atoms with Crippen LogP contribution in [0.25, 0.3) is 11.0 Å². The van der Waals surface area contributed by atoms with E-state index in [0.29, 0.717) is 6.07 Å². The van der Waals surface area contributed by atoms with Gasteiger partial charge in [0.05, 0.1) is 12.1 Å². The Morgan fingerprint density at radius 2 is 2.21 bits per heavy atom. The maximum Gasteiger partial charge on any atom is 0.328 e. The monoisotopic (exact) mass is 269 g/mol. The fourth-order valence-electron chi connectivity index (χ4n) is 1.91. The third-order valence-corrected chi connectivity index (χ3v) is 2.76. The minimum atomic E-state index is -0.823. The van der Waals surface area contributed by atoms with Gasteiger partial charge < -0.3 is 10.5 Å². The summed E-state index contributed by atoms with van der Waals surface area (Å²) in [4.78, 5) is 15.5. The van der Waals surface area contributed by atoms with Gasteiger partial charge in [-0.15, -0.1) is 0 Å². The van der Waals surface area contributed by atoms with E-state index in [-0.39, 0.29) is 23.6 Å². The van der Waals surface area contributed by atoms with Gasteiger partial charge in [-0.25, -0.2) is 18.6 Å². The van der Waals surface area contributed by atoms with E-state index in [1.54, 1.807) is 6.92 Å². The van der Waals surface area contributed by atoms with E-state index in [4.69, 9.17) is 10.5 Å². The number of carbonyl (C=O) groups excluding carboxylic acids is 1. The summed E-state index contributed by atoms with van der Waals surface area (Å²) >= 11 is 0. The second kappa shape index (κ2) is 4.83. The molecule has 0 spiro atoms. The molecular formula is C12H13F2N3O2. The Morgan fingerprint density at radius 3 is 2.84 bits per heavy atom. The molecule has 2 aromatic rings. The van der Waals surface area contributed by atoms with Crippen molar-refractivity contribution in [2.24, 2.45) is 0 Å². The molecule has 102 valence electrons. The average molecular weight is 269 g/mol. The number of anilines is 1. The summed E-state index contributed by atoms with van der Waals surface area (Å²) in [6, 6.07) is 0.984. The zero-order chi connectivity index (χ0) is 14.2. The van der Waals surface area contributed by atoms with Crippen molar-refractivity contribution in [2.75, 3.05) is 12.3 Å². The SMILES string of the molecule is CCOC(=O)C(C)n1c(N)nc2c(F)cc(F)cc21. The second-order valence-corrected chi connectivity index (χ2v) is 4.02. The molecule has 0 aliphatic carbocycles. The maximum atomic E-state index is 13.6. The van der Waals surface area contributed by atoms with Crippen molar-refractivity contribution >= 4 is 23.0 Å². The molecule has 0 amide bonds. The van der Waals surface area contributed by atoms with Gasteiger partial charge in [-0.1, -0.05) is 0 Å². The van der Waals surface area contributed by atoms with Gasteiger partial charge in [-0.2, -0.15) is 0 Å². The smallest absolute Gasteiger partial charge is 0.328 e. The highest BCUT2D eigenvalue weighted by molar-refractivity contribution is 5.83. The fourth-order valence-corrected chi connectivity index (χ4v) is 1.91. The third kappa shape index (κ3) is 2.23. The molecule has 0 fully saturated rings. The van der Waals surface area contributed by atoms with Crippen LogP contribution in [0, 0.1) is 11.6 Å². The van der Waals surface area contributed by atoms with E-state index in [1.807, 2.05) is 0 Å². The van der Waals surface area contributed by atoms with Gasteiger partial charge in [0, 0.05) is 12.1 Å². The number of nitrogens with two attached hydrogens (primary N) is 1. The van der Waals surface area contributed by atoms with Gasteiger partial charge >= 0.3 is 5.97 Å². The zero-order valence-corrected chi connectivity index (χ0v) is 10.5. The summed E-state index contributed by atoms with van der Waals surface area (Å²) in [6.45, 7) is 3.40. The van der Waals surface area contributed by atoms with Gasteiger partial charge in [0.2, 0.25) is 5.95 Å². The van der Waals surface area contributed by atoms with Crippen molar-refractivity contribution < 1.29 is 18.3 Å². The Balaban J connectivity index is 2.60. The average Bonchev–Trinajstić information content (AvgIpc) is 2.65. The number of hydrogen-bond donors (Lipinski definition) is 1. The van der Waals surface area contributed by atoms with Crippen LogP contribution < -0.4 is 5.73 Å². The van der Waals surface area contributed by atoms with Crippen LogP contribution in [0.1, 0.15) is 19.9 Å². The summed E-state index contributed by atoms with van der Waals surface area (Å²) in [5, 5.41) is 0. The number of hydrogen-bond acceptors (Lipinski definition) is 4. The molecule has 0 aliphatic heterocycles. The minimum Gasteiger partial charge on any atom is -0.464 e. The Hall–Kier alpha value is -2.18. The number of carbonyl (C=O) groups is 1. The molecule has 0 aliphatic rings. The topological polar surface area (TPSA) is 70.1 Å². The Kier molecular flexibility index (Phi) is 3.37. The molecule has 1 aromatic heterocycles. The van der Waals surface area contributed by atoms with Crippen molar-refractivity contribution in [3.8, 4) is 0 Å². The van der Waals surface area contributed by atoms with Crippen molar-refractivity contribution in [3.63, 3.8) is 0 Å². The molecule has 1 atom stereocenters. The number of fused-ring (bicyclic) bond motifs is 1.